The summed E-state index contributed by atoms with van der Waals surface area (Å²) in [6.07, 6.45) is 2.48. The van der Waals surface area contributed by atoms with E-state index in [9.17, 15) is 13.2 Å². The molecule has 5 heteroatoms. The lowest BCUT2D eigenvalue weighted by molar-refractivity contribution is -0.118. The minimum absolute atomic E-state index is 0.246. The minimum atomic E-state index is -3.56. The van der Waals surface area contributed by atoms with Gasteiger partial charge in [0.2, 0.25) is 0 Å². The van der Waals surface area contributed by atoms with E-state index in [-0.39, 0.29) is 5.78 Å². The quantitative estimate of drug-likeness (QED) is 0.844. The number of carbonyl (C=O) groups is 1. The first-order valence-electron chi connectivity index (χ1n) is 8.21. The highest BCUT2D eigenvalue weighted by atomic mass is 32.2. The maximum atomic E-state index is 13.0. The van der Waals surface area contributed by atoms with Crippen molar-refractivity contribution < 1.29 is 13.2 Å². The number of Topliss-reactive ketones (excluding diaryl/α,β-unsaturated/α-hetero) is 1. The Morgan fingerprint density at radius 2 is 1.67 bits per heavy atom. The smallest absolute Gasteiger partial charge is 0.264 e. The van der Waals surface area contributed by atoms with Gasteiger partial charge in [-0.15, -0.1) is 0 Å². The summed E-state index contributed by atoms with van der Waals surface area (Å²) in [5, 5.41) is 0. The number of ketones is 1. The molecule has 2 aliphatic rings. The molecule has 4 rings (SSSR count). The summed E-state index contributed by atoms with van der Waals surface area (Å²) in [5.74, 6) is 0.246. The monoisotopic (exact) mass is 341 g/mol. The van der Waals surface area contributed by atoms with E-state index in [1.54, 1.807) is 12.1 Å². The van der Waals surface area contributed by atoms with E-state index in [4.69, 9.17) is 0 Å². The summed E-state index contributed by atoms with van der Waals surface area (Å²) in [4.78, 5) is 12.1. The van der Waals surface area contributed by atoms with Gasteiger partial charge < -0.3 is 0 Å². The topological polar surface area (TPSA) is 54.5 Å². The van der Waals surface area contributed by atoms with Crippen LogP contribution in [-0.2, 0) is 34.1 Å². The lowest BCUT2D eigenvalue weighted by atomic mass is 9.86. The molecule has 1 aliphatic heterocycles. The molecule has 1 aliphatic carbocycles. The Bertz CT molecular complexity index is 930. The van der Waals surface area contributed by atoms with Gasteiger partial charge >= 0.3 is 0 Å². The van der Waals surface area contributed by atoms with Crippen LogP contribution in [-0.4, -0.2) is 20.7 Å². The summed E-state index contributed by atoms with van der Waals surface area (Å²) < 4.78 is 27.5. The second-order valence-corrected chi connectivity index (χ2v) is 8.42. The van der Waals surface area contributed by atoms with Gasteiger partial charge in [-0.25, -0.2) is 8.42 Å². The normalized spacial score (nSPS) is 16.9. The molecule has 0 unspecified atom stereocenters. The third-order valence-electron chi connectivity index (χ3n) is 4.99. The van der Waals surface area contributed by atoms with Crippen LogP contribution in [0.15, 0.2) is 41.3 Å². The zero-order chi connectivity index (χ0) is 16.9. The zero-order valence-corrected chi connectivity index (χ0v) is 14.4. The molecule has 0 radical (unpaired) electrons. The van der Waals surface area contributed by atoms with Crippen LogP contribution in [0.1, 0.15) is 28.7 Å². The molecule has 0 fully saturated rings. The summed E-state index contributed by atoms with van der Waals surface area (Å²) >= 11 is 0. The fourth-order valence-corrected chi connectivity index (χ4v) is 5.17. The predicted octanol–water partition coefficient (Wildman–Crippen LogP) is 2.80. The first-order valence-corrected chi connectivity index (χ1v) is 9.65. The second kappa shape index (κ2) is 5.45. The molecule has 1 heterocycles. The predicted molar refractivity (Wildman–Crippen MR) is 92.9 cm³/mol. The van der Waals surface area contributed by atoms with Crippen molar-refractivity contribution in [2.75, 3.05) is 10.8 Å². The molecular formula is C19H19NO3S. The maximum absolute atomic E-state index is 13.0. The average Bonchev–Trinajstić information content (AvgIpc) is 3.00. The van der Waals surface area contributed by atoms with Crippen LogP contribution >= 0.6 is 0 Å². The third kappa shape index (κ3) is 2.35. The van der Waals surface area contributed by atoms with Crippen molar-refractivity contribution in [3.8, 4) is 0 Å². The molecule has 0 N–H and O–H groups in total. The Hall–Kier alpha value is -2.14. The van der Waals surface area contributed by atoms with E-state index in [1.807, 2.05) is 31.2 Å². The van der Waals surface area contributed by atoms with Crippen LogP contribution in [0, 0.1) is 6.92 Å². The number of sulfonamides is 1. The fraction of sp³-hybridized carbons (Fsp3) is 0.316. The standard InChI is InChI=1S/C19H19NO3S/c1-13-2-7-16(8-3-13)24(22,23)20-11-10-17-18-12-15(21)6-4-14(18)5-9-19(17)20/h2-3,5,7-9H,4,6,10-12H2,1H3. The third-order valence-corrected chi connectivity index (χ3v) is 6.82. The Morgan fingerprint density at radius 1 is 0.917 bits per heavy atom. The first-order chi connectivity index (χ1) is 11.5. The highest BCUT2D eigenvalue weighted by Gasteiger charge is 2.33. The van der Waals surface area contributed by atoms with Crippen molar-refractivity contribution in [1.82, 2.24) is 0 Å². The number of hydrogen-bond donors (Lipinski definition) is 0. The van der Waals surface area contributed by atoms with Gasteiger partial charge in [0.05, 0.1) is 10.6 Å². The van der Waals surface area contributed by atoms with E-state index >= 15 is 0 Å². The molecule has 2 aromatic carbocycles. The van der Waals surface area contributed by atoms with E-state index in [2.05, 4.69) is 0 Å². The number of carbonyl (C=O) groups excluding carboxylic acids is 1. The molecule has 2 aromatic rings. The summed E-state index contributed by atoms with van der Waals surface area (Å²) in [5.41, 5.74) is 5.07. The van der Waals surface area contributed by atoms with Crippen molar-refractivity contribution in [3.05, 3.63) is 58.7 Å². The molecule has 0 aromatic heterocycles. The number of nitrogens with zero attached hydrogens (tertiary/aromatic N) is 1. The first kappa shape index (κ1) is 15.4. The molecule has 4 nitrogen and oxygen atoms in total. The lowest BCUT2D eigenvalue weighted by Crippen LogP contribution is -2.29. The van der Waals surface area contributed by atoms with Crippen LogP contribution in [0.3, 0.4) is 0 Å². The van der Waals surface area contributed by atoms with Crippen LogP contribution in [0.2, 0.25) is 0 Å². The van der Waals surface area contributed by atoms with Crippen molar-refractivity contribution in [3.63, 3.8) is 0 Å². The Morgan fingerprint density at radius 3 is 2.42 bits per heavy atom. The Balaban J connectivity index is 1.78. The van der Waals surface area contributed by atoms with Gasteiger partial charge in [-0.05, 0) is 54.7 Å². The summed E-state index contributed by atoms with van der Waals surface area (Å²) in [7, 11) is -3.56. The van der Waals surface area contributed by atoms with Gasteiger partial charge in [-0.3, -0.25) is 9.10 Å². The van der Waals surface area contributed by atoms with E-state index < -0.39 is 10.0 Å². The second-order valence-electron chi connectivity index (χ2n) is 6.56. The fourth-order valence-electron chi connectivity index (χ4n) is 3.68. The van der Waals surface area contributed by atoms with Crippen LogP contribution < -0.4 is 4.31 Å². The number of rotatable bonds is 2. The van der Waals surface area contributed by atoms with Crippen molar-refractivity contribution in [2.45, 2.75) is 37.5 Å². The molecule has 24 heavy (non-hydrogen) atoms. The highest BCUT2D eigenvalue weighted by molar-refractivity contribution is 7.92. The highest BCUT2D eigenvalue weighted by Crippen LogP contribution is 2.38. The molecule has 0 saturated heterocycles. The Labute approximate surface area is 142 Å². The van der Waals surface area contributed by atoms with Crippen molar-refractivity contribution in [1.29, 1.82) is 0 Å². The lowest BCUT2D eigenvalue weighted by Gasteiger charge is -2.22. The SMILES string of the molecule is Cc1ccc(S(=O)(=O)N2CCc3c2ccc2c3CC(=O)CC2)cc1. The number of anilines is 1. The number of fused-ring (bicyclic) bond motifs is 3. The molecule has 0 spiro atoms. The van der Waals surface area contributed by atoms with Crippen LogP contribution in [0.5, 0.6) is 0 Å². The van der Waals surface area contributed by atoms with Gasteiger partial charge in [0.25, 0.3) is 10.0 Å². The number of benzene rings is 2. The summed E-state index contributed by atoms with van der Waals surface area (Å²) in [6.45, 7) is 2.38. The maximum Gasteiger partial charge on any atom is 0.264 e. The van der Waals surface area contributed by atoms with Gasteiger partial charge in [-0.1, -0.05) is 23.8 Å². The molecule has 124 valence electrons. The largest absolute Gasteiger partial charge is 0.299 e. The summed E-state index contributed by atoms with van der Waals surface area (Å²) in [6, 6.07) is 10.8. The number of hydrogen-bond acceptors (Lipinski definition) is 3. The van der Waals surface area contributed by atoms with E-state index in [0.717, 1.165) is 28.8 Å². The average molecular weight is 341 g/mol. The van der Waals surface area contributed by atoms with Gasteiger partial charge in [0.15, 0.2) is 0 Å². The van der Waals surface area contributed by atoms with Crippen molar-refractivity contribution >= 4 is 21.5 Å². The molecular weight excluding hydrogens is 322 g/mol. The van der Waals surface area contributed by atoms with Crippen LogP contribution in [0.25, 0.3) is 0 Å². The Kier molecular flexibility index (Phi) is 3.49. The minimum Gasteiger partial charge on any atom is -0.299 e. The molecule has 0 atom stereocenters. The molecule has 0 amide bonds. The van der Waals surface area contributed by atoms with Gasteiger partial charge in [0.1, 0.15) is 5.78 Å². The van der Waals surface area contributed by atoms with Crippen molar-refractivity contribution in [2.24, 2.45) is 0 Å². The number of aryl methyl sites for hydroxylation is 2. The zero-order valence-electron chi connectivity index (χ0n) is 13.6. The van der Waals surface area contributed by atoms with Crippen LogP contribution in [0.4, 0.5) is 5.69 Å². The molecule has 0 bridgehead atoms. The van der Waals surface area contributed by atoms with E-state index in [1.165, 1.54) is 9.87 Å². The van der Waals surface area contributed by atoms with Gasteiger partial charge in [0, 0.05) is 19.4 Å². The van der Waals surface area contributed by atoms with Gasteiger partial charge in [-0.2, -0.15) is 0 Å². The van der Waals surface area contributed by atoms with E-state index in [0.29, 0.717) is 30.7 Å². The molecule has 0 saturated carbocycles.